The maximum Gasteiger partial charge on any atom is 0.419 e. The minimum atomic E-state index is -4.65. The second-order valence-electron chi connectivity index (χ2n) is 9.59. The number of rotatable bonds is 6. The number of aromatic nitrogens is 1. The summed E-state index contributed by atoms with van der Waals surface area (Å²) in [6.45, 7) is 4.59. The van der Waals surface area contributed by atoms with Gasteiger partial charge < -0.3 is 15.0 Å². The zero-order valence-corrected chi connectivity index (χ0v) is 21.4. The number of halogens is 3. The minimum Gasteiger partial charge on any atom is -0.496 e. The Morgan fingerprint density at radius 3 is 2.68 bits per heavy atom. The van der Waals surface area contributed by atoms with Crippen LogP contribution >= 0.6 is 11.3 Å². The molecule has 1 aromatic heterocycles. The summed E-state index contributed by atoms with van der Waals surface area (Å²) in [6, 6.07) is 10.9. The third kappa shape index (κ3) is 4.94. The van der Waals surface area contributed by atoms with Gasteiger partial charge in [-0.1, -0.05) is 29.8 Å². The molecule has 6 nitrogen and oxygen atoms in total. The molecule has 1 N–H and O–H groups in total. The third-order valence-corrected chi connectivity index (χ3v) is 8.04. The first-order valence-corrected chi connectivity index (χ1v) is 12.8. The Labute approximate surface area is 216 Å². The lowest BCUT2D eigenvalue weighted by atomic mass is 10.1. The summed E-state index contributed by atoms with van der Waals surface area (Å²) < 4.78 is 45.0. The maximum absolute atomic E-state index is 13.7. The lowest BCUT2D eigenvalue weighted by Crippen LogP contribution is -2.45. The van der Waals surface area contributed by atoms with Crippen molar-refractivity contribution in [3.8, 4) is 16.2 Å². The van der Waals surface area contributed by atoms with E-state index in [1.807, 2.05) is 38.1 Å². The SMILES string of the molecule is COc1ccc(C(=O)NCC2C3CC3CN2C(=O)c2nc(C)sc2-c2cccc(C)c2)cc1C(F)(F)F. The van der Waals surface area contributed by atoms with Gasteiger partial charge in [0.25, 0.3) is 11.8 Å². The summed E-state index contributed by atoms with van der Waals surface area (Å²) in [4.78, 5) is 33.6. The van der Waals surface area contributed by atoms with Gasteiger partial charge in [-0.25, -0.2) is 4.98 Å². The highest BCUT2D eigenvalue weighted by Gasteiger charge is 2.54. The van der Waals surface area contributed by atoms with E-state index >= 15 is 0 Å². The van der Waals surface area contributed by atoms with Crippen molar-refractivity contribution in [3.05, 3.63) is 69.9 Å². The number of thiazole rings is 1. The van der Waals surface area contributed by atoms with Gasteiger partial charge in [-0.2, -0.15) is 13.2 Å². The number of hydrogen-bond donors (Lipinski definition) is 1. The molecule has 1 saturated carbocycles. The van der Waals surface area contributed by atoms with Crippen LogP contribution in [0.2, 0.25) is 0 Å². The number of likely N-dealkylation sites (tertiary alicyclic amines) is 1. The molecule has 37 heavy (non-hydrogen) atoms. The summed E-state index contributed by atoms with van der Waals surface area (Å²) in [6.07, 6.45) is -3.69. The molecule has 3 aromatic rings. The average Bonchev–Trinajstić information content (AvgIpc) is 3.37. The maximum atomic E-state index is 13.7. The molecule has 2 aromatic carbocycles. The normalized spacial score (nSPS) is 20.5. The first-order valence-electron chi connectivity index (χ1n) is 12.0. The molecule has 0 spiro atoms. The Kier molecular flexibility index (Phi) is 6.47. The van der Waals surface area contributed by atoms with Crippen LogP contribution in [0.4, 0.5) is 13.2 Å². The van der Waals surface area contributed by atoms with Gasteiger partial charge in [0.2, 0.25) is 0 Å². The van der Waals surface area contributed by atoms with E-state index < -0.39 is 17.6 Å². The summed E-state index contributed by atoms with van der Waals surface area (Å²) >= 11 is 1.47. The number of nitrogens with zero attached hydrogens (tertiary/aromatic N) is 2. The number of carbonyl (C=O) groups is 2. The number of amides is 2. The molecule has 1 aliphatic carbocycles. The molecule has 0 radical (unpaired) electrons. The Morgan fingerprint density at radius 2 is 1.97 bits per heavy atom. The Bertz CT molecular complexity index is 1370. The second-order valence-corrected chi connectivity index (χ2v) is 10.8. The summed E-state index contributed by atoms with van der Waals surface area (Å²) in [7, 11) is 1.15. The number of ether oxygens (including phenoxy) is 1. The van der Waals surface area contributed by atoms with Gasteiger partial charge in [-0.15, -0.1) is 11.3 Å². The van der Waals surface area contributed by atoms with E-state index in [0.717, 1.165) is 46.7 Å². The minimum absolute atomic E-state index is 0.117. The molecule has 3 atom stereocenters. The van der Waals surface area contributed by atoms with Crippen LogP contribution in [0.3, 0.4) is 0 Å². The van der Waals surface area contributed by atoms with Gasteiger partial charge in [0, 0.05) is 18.7 Å². The van der Waals surface area contributed by atoms with Crippen LogP contribution in [-0.4, -0.2) is 47.9 Å². The molecule has 194 valence electrons. The van der Waals surface area contributed by atoms with Crippen molar-refractivity contribution in [2.45, 2.75) is 32.5 Å². The second kappa shape index (κ2) is 9.48. The molecule has 10 heteroatoms. The number of benzene rings is 2. The highest BCUT2D eigenvalue weighted by molar-refractivity contribution is 7.15. The zero-order chi connectivity index (χ0) is 26.5. The van der Waals surface area contributed by atoms with E-state index in [1.54, 1.807) is 4.90 Å². The summed E-state index contributed by atoms with van der Waals surface area (Å²) in [5.41, 5.74) is 1.29. The largest absolute Gasteiger partial charge is 0.496 e. The van der Waals surface area contributed by atoms with Crippen molar-refractivity contribution in [3.63, 3.8) is 0 Å². The van der Waals surface area contributed by atoms with Crippen LogP contribution in [0.25, 0.3) is 10.4 Å². The highest BCUT2D eigenvalue weighted by atomic mass is 32.1. The highest BCUT2D eigenvalue weighted by Crippen LogP contribution is 2.50. The molecule has 2 aliphatic rings. The van der Waals surface area contributed by atoms with Crippen molar-refractivity contribution in [2.24, 2.45) is 11.8 Å². The van der Waals surface area contributed by atoms with Gasteiger partial charge in [0.05, 0.1) is 28.6 Å². The number of alkyl halides is 3. The average molecular weight is 530 g/mol. The zero-order valence-electron chi connectivity index (χ0n) is 20.6. The first-order chi connectivity index (χ1) is 17.6. The monoisotopic (exact) mass is 529 g/mol. The van der Waals surface area contributed by atoms with Crippen molar-refractivity contribution in [1.82, 2.24) is 15.2 Å². The molecule has 3 unspecified atom stereocenters. The van der Waals surface area contributed by atoms with Crippen molar-refractivity contribution >= 4 is 23.2 Å². The van der Waals surface area contributed by atoms with E-state index in [9.17, 15) is 22.8 Å². The number of carbonyl (C=O) groups excluding carboxylic acids is 2. The number of aryl methyl sites for hydroxylation is 2. The van der Waals surface area contributed by atoms with Gasteiger partial charge >= 0.3 is 6.18 Å². The number of methoxy groups -OCH3 is 1. The van der Waals surface area contributed by atoms with Crippen molar-refractivity contribution < 1.29 is 27.5 Å². The van der Waals surface area contributed by atoms with E-state index in [4.69, 9.17) is 4.74 Å². The standard InChI is InChI=1S/C27H26F3N3O3S/c1-14-5-4-6-16(9-14)24-23(32-15(2)37-24)26(35)33-13-18-10-19(18)21(33)12-31-25(34)17-7-8-22(36-3)20(11-17)27(28,29)30/h4-9,11,18-19,21H,10,12-13H2,1-3H3,(H,31,34). The predicted octanol–water partition coefficient (Wildman–Crippen LogP) is 5.34. The Hall–Kier alpha value is -3.40. The smallest absolute Gasteiger partial charge is 0.419 e. The van der Waals surface area contributed by atoms with Crippen LogP contribution in [0, 0.1) is 25.7 Å². The molecule has 0 bridgehead atoms. The van der Waals surface area contributed by atoms with Gasteiger partial charge in [-0.3, -0.25) is 9.59 Å². The van der Waals surface area contributed by atoms with E-state index in [1.165, 1.54) is 17.4 Å². The lowest BCUT2D eigenvalue weighted by molar-refractivity contribution is -0.138. The first kappa shape index (κ1) is 25.3. The molecule has 1 saturated heterocycles. The Balaban J connectivity index is 1.34. The van der Waals surface area contributed by atoms with Crippen LogP contribution in [0.5, 0.6) is 5.75 Å². The van der Waals surface area contributed by atoms with Crippen LogP contribution in [0.15, 0.2) is 42.5 Å². The van der Waals surface area contributed by atoms with Crippen LogP contribution in [0.1, 0.15) is 43.4 Å². The number of nitrogens with one attached hydrogen (secondary N) is 1. The fraction of sp³-hybridized carbons (Fsp3) is 0.370. The van der Waals surface area contributed by atoms with E-state index in [-0.39, 0.29) is 35.7 Å². The van der Waals surface area contributed by atoms with E-state index in [0.29, 0.717) is 18.2 Å². The Morgan fingerprint density at radius 1 is 1.19 bits per heavy atom. The van der Waals surface area contributed by atoms with E-state index in [2.05, 4.69) is 10.3 Å². The van der Waals surface area contributed by atoms with Gasteiger partial charge in [0.15, 0.2) is 0 Å². The fourth-order valence-corrected chi connectivity index (χ4v) is 6.03. The predicted molar refractivity (Wildman–Crippen MR) is 134 cm³/mol. The molecule has 2 heterocycles. The molecule has 2 amide bonds. The topological polar surface area (TPSA) is 71.5 Å². The lowest BCUT2D eigenvalue weighted by Gasteiger charge is -2.27. The molecule has 1 aliphatic heterocycles. The fourth-order valence-electron chi connectivity index (χ4n) is 5.13. The quantitative estimate of drug-likeness (QED) is 0.468. The number of fused-ring (bicyclic) bond motifs is 1. The number of piperidine rings is 1. The molecule has 5 rings (SSSR count). The summed E-state index contributed by atoms with van der Waals surface area (Å²) in [5, 5.41) is 3.54. The van der Waals surface area contributed by atoms with Crippen molar-refractivity contribution in [2.75, 3.05) is 20.2 Å². The van der Waals surface area contributed by atoms with Crippen LogP contribution < -0.4 is 10.1 Å². The molecular formula is C27H26F3N3O3S. The van der Waals surface area contributed by atoms with Gasteiger partial charge in [-0.05, 0) is 55.9 Å². The summed E-state index contributed by atoms with van der Waals surface area (Å²) in [5.74, 6) is -0.537. The molecular weight excluding hydrogens is 503 g/mol. The molecule has 2 fully saturated rings. The third-order valence-electron chi connectivity index (χ3n) is 7.02. The van der Waals surface area contributed by atoms with Crippen molar-refractivity contribution in [1.29, 1.82) is 0 Å². The van der Waals surface area contributed by atoms with Crippen LogP contribution in [-0.2, 0) is 6.18 Å². The number of hydrogen-bond acceptors (Lipinski definition) is 5. The van der Waals surface area contributed by atoms with Gasteiger partial charge in [0.1, 0.15) is 11.4 Å².